The molecule has 1 atom stereocenters. The van der Waals surface area contributed by atoms with Crippen LogP contribution in [0.4, 0.5) is 5.69 Å². The molecule has 1 amide bonds. The van der Waals surface area contributed by atoms with Gasteiger partial charge in [-0.3, -0.25) is 4.79 Å². The summed E-state index contributed by atoms with van der Waals surface area (Å²) < 4.78 is 5.44. The van der Waals surface area contributed by atoms with E-state index in [1.54, 1.807) is 0 Å². The van der Waals surface area contributed by atoms with Gasteiger partial charge in [0.25, 0.3) is 0 Å². The van der Waals surface area contributed by atoms with Crippen molar-refractivity contribution < 1.29 is 9.53 Å². The molecule has 22 heavy (non-hydrogen) atoms. The maximum atomic E-state index is 12.5. The van der Waals surface area contributed by atoms with Gasteiger partial charge in [-0.1, -0.05) is 13.0 Å². The van der Waals surface area contributed by atoms with Gasteiger partial charge in [-0.05, 0) is 56.7 Å². The topological polar surface area (TPSA) is 55.6 Å². The molecule has 1 fully saturated rings. The van der Waals surface area contributed by atoms with Crippen molar-refractivity contribution in [3.63, 3.8) is 0 Å². The molecule has 1 aromatic rings. The number of rotatable bonds is 6. The number of nitrogens with zero attached hydrogens (tertiary/aromatic N) is 1. The van der Waals surface area contributed by atoms with Crippen LogP contribution in [0.5, 0.6) is 5.75 Å². The Morgan fingerprint density at radius 2 is 2.18 bits per heavy atom. The van der Waals surface area contributed by atoms with Crippen molar-refractivity contribution in [2.75, 3.05) is 18.9 Å². The Bertz CT molecular complexity index is 502. The summed E-state index contributed by atoms with van der Waals surface area (Å²) in [5, 5.41) is 0. The first-order chi connectivity index (χ1) is 10.7. The van der Waals surface area contributed by atoms with Gasteiger partial charge < -0.3 is 15.4 Å². The van der Waals surface area contributed by atoms with Crippen LogP contribution in [0.15, 0.2) is 18.2 Å². The fraction of sp³-hybridized carbons (Fsp3) is 0.611. The SMILES string of the molecule is CCOc1ccc(CCC(=O)N2CCCCC2CC)cc1N. The molecule has 1 saturated heterocycles. The predicted molar refractivity (Wildman–Crippen MR) is 90.0 cm³/mol. The second-order valence-electron chi connectivity index (χ2n) is 5.95. The summed E-state index contributed by atoms with van der Waals surface area (Å²) in [5.41, 5.74) is 7.73. The maximum Gasteiger partial charge on any atom is 0.223 e. The van der Waals surface area contributed by atoms with Gasteiger partial charge in [0, 0.05) is 19.0 Å². The fourth-order valence-corrected chi connectivity index (χ4v) is 3.19. The van der Waals surface area contributed by atoms with Crippen LogP contribution in [0.1, 0.15) is 51.5 Å². The third-order valence-electron chi connectivity index (χ3n) is 4.42. The Kier molecular flexibility index (Phi) is 6.10. The highest BCUT2D eigenvalue weighted by Crippen LogP contribution is 2.24. The van der Waals surface area contributed by atoms with Gasteiger partial charge in [0.05, 0.1) is 12.3 Å². The van der Waals surface area contributed by atoms with Crippen molar-refractivity contribution >= 4 is 11.6 Å². The monoisotopic (exact) mass is 304 g/mol. The highest BCUT2D eigenvalue weighted by molar-refractivity contribution is 5.77. The summed E-state index contributed by atoms with van der Waals surface area (Å²) in [4.78, 5) is 14.5. The number of ether oxygens (including phenoxy) is 1. The largest absolute Gasteiger partial charge is 0.492 e. The number of nitrogens with two attached hydrogens (primary N) is 1. The van der Waals surface area contributed by atoms with Gasteiger partial charge in [0.2, 0.25) is 5.91 Å². The van der Waals surface area contributed by atoms with Gasteiger partial charge in [0.1, 0.15) is 5.75 Å². The van der Waals surface area contributed by atoms with Gasteiger partial charge >= 0.3 is 0 Å². The molecule has 2 rings (SSSR count). The predicted octanol–water partition coefficient (Wildman–Crippen LogP) is 3.39. The number of hydrogen-bond acceptors (Lipinski definition) is 3. The van der Waals surface area contributed by atoms with Crippen molar-refractivity contribution in [3.05, 3.63) is 23.8 Å². The van der Waals surface area contributed by atoms with E-state index in [1.807, 2.05) is 25.1 Å². The smallest absolute Gasteiger partial charge is 0.223 e. The maximum absolute atomic E-state index is 12.5. The van der Waals surface area contributed by atoms with Gasteiger partial charge in [-0.25, -0.2) is 0 Å². The van der Waals surface area contributed by atoms with Crippen LogP contribution in [-0.2, 0) is 11.2 Å². The van der Waals surface area contributed by atoms with Crippen LogP contribution in [-0.4, -0.2) is 30.0 Å². The molecule has 2 N–H and O–H groups in total. The number of piperidine rings is 1. The molecule has 0 radical (unpaired) electrons. The first-order valence-electron chi connectivity index (χ1n) is 8.46. The highest BCUT2D eigenvalue weighted by Gasteiger charge is 2.24. The number of carbonyl (C=O) groups excluding carboxylic acids is 1. The van der Waals surface area contributed by atoms with Crippen molar-refractivity contribution in [2.24, 2.45) is 0 Å². The Labute approximate surface area is 133 Å². The minimum atomic E-state index is 0.277. The summed E-state index contributed by atoms with van der Waals surface area (Å²) >= 11 is 0. The van der Waals surface area contributed by atoms with Crippen molar-refractivity contribution in [1.82, 2.24) is 4.90 Å². The molecule has 0 saturated carbocycles. The van der Waals surface area contributed by atoms with E-state index in [2.05, 4.69) is 11.8 Å². The Morgan fingerprint density at radius 1 is 1.36 bits per heavy atom. The van der Waals surface area contributed by atoms with E-state index in [1.165, 1.54) is 6.42 Å². The molecule has 0 aliphatic carbocycles. The number of carbonyl (C=O) groups is 1. The second kappa shape index (κ2) is 8.06. The number of hydrogen-bond donors (Lipinski definition) is 1. The molecule has 4 heteroatoms. The molecule has 1 unspecified atom stereocenters. The van der Waals surface area contributed by atoms with Crippen LogP contribution in [0.2, 0.25) is 0 Å². The molecule has 1 aliphatic rings. The average molecular weight is 304 g/mol. The van der Waals surface area contributed by atoms with Gasteiger partial charge in [-0.15, -0.1) is 0 Å². The number of likely N-dealkylation sites (tertiary alicyclic amines) is 1. The summed E-state index contributed by atoms with van der Waals surface area (Å²) in [6.45, 7) is 5.64. The minimum Gasteiger partial charge on any atom is -0.492 e. The highest BCUT2D eigenvalue weighted by atomic mass is 16.5. The van der Waals surface area contributed by atoms with Crippen LogP contribution in [0.3, 0.4) is 0 Å². The molecule has 0 aromatic heterocycles. The quantitative estimate of drug-likeness (QED) is 0.820. The third kappa shape index (κ3) is 4.15. The molecule has 1 heterocycles. The van der Waals surface area contributed by atoms with Crippen molar-refractivity contribution in [1.29, 1.82) is 0 Å². The molecule has 4 nitrogen and oxygen atoms in total. The Hall–Kier alpha value is -1.71. The van der Waals surface area contributed by atoms with Crippen molar-refractivity contribution in [3.8, 4) is 5.75 Å². The first kappa shape index (κ1) is 16.7. The summed E-state index contributed by atoms with van der Waals surface area (Å²) in [6, 6.07) is 6.26. The van der Waals surface area contributed by atoms with Crippen LogP contribution in [0, 0.1) is 0 Å². The second-order valence-corrected chi connectivity index (χ2v) is 5.95. The molecule has 0 bridgehead atoms. The minimum absolute atomic E-state index is 0.277. The third-order valence-corrected chi connectivity index (χ3v) is 4.42. The number of aryl methyl sites for hydroxylation is 1. The zero-order valence-electron chi connectivity index (χ0n) is 13.8. The average Bonchev–Trinajstić information content (AvgIpc) is 2.55. The van der Waals surface area contributed by atoms with Gasteiger partial charge in [-0.2, -0.15) is 0 Å². The molecule has 1 aromatic carbocycles. The van der Waals surface area contributed by atoms with E-state index in [9.17, 15) is 4.79 Å². The van der Waals surface area contributed by atoms with E-state index >= 15 is 0 Å². The van der Waals surface area contributed by atoms with E-state index in [0.717, 1.165) is 43.5 Å². The molecular weight excluding hydrogens is 276 g/mol. The van der Waals surface area contributed by atoms with E-state index in [4.69, 9.17) is 10.5 Å². The number of nitrogen functional groups attached to an aromatic ring is 1. The summed E-state index contributed by atoms with van der Waals surface area (Å²) in [5.74, 6) is 0.999. The van der Waals surface area contributed by atoms with E-state index in [-0.39, 0.29) is 5.91 Å². The lowest BCUT2D eigenvalue weighted by molar-refractivity contribution is -0.134. The number of amides is 1. The molecule has 122 valence electrons. The van der Waals surface area contributed by atoms with Crippen LogP contribution >= 0.6 is 0 Å². The zero-order valence-corrected chi connectivity index (χ0v) is 13.8. The summed E-state index contributed by atoms with van der Waals surface area (Å²) in [6.07, 6.45) is 5.89. The van der Waals surface area contributed by atoms with Crippen LogP contribution < -0.4 is 10.5 Å². The zero-order chi connectivity index (χ0) is 15.9. The molecular formula is C18H28N2O2. The van der Waals surface area contributed by atoms with Gasteiger partial charge in [0.15, 0.2) is 0 Å². The fourth-order valence-electron chi connectivity index (χ4n) is 3.19. The lowest BCUT2D eigenvalue weighted by Gasteiger charge is -2.35. The Morgan fingerprint density at radius 3 is 2.86 bits per heavy atom. The first-order valence-corrected chi connectivity index (χ1v) is 8.46. The van der Waals surface area contributed by atoms with E-state index in [0.29, 0.717) is 24.8 Å². The lowest BCUT2D eigenvalue weighted by atomic mass is 9.99. The lowest BCUT2D eigenvalue weighted by Crippen LogP contribution is -2.43. The van der Waals surface area contributed by atoms with Crippen molar-refractivity contribution in [2.45, 2.75) is 58.4 Å². The standard InChI is InChI=1S/C18H28N2O2/c1-3-15-7-5-6-12-20(15)18(21)11-9-14-8-10-17(22-4-2)16(19)13-14/h8,10,13,15H,3-7,9,11-12,19H2,1-2H3. The van der Waals surface area contributed by atoms with Crippen LogP contribution in [0.25, 0.3) is 0 Å². The number of benzene rings is 1. The molecule has 1 aliphatic heterocycles. The Balaban J connectivity index is 1.91. The van der Waals surface area contributed by atoms with E-state index < -0.39 is 0 Å². The summed E-state index contributed by atoms with van der Waals surface area (Å²) in [7, 11) is 0. The number of anilines is 1. The molecule has 0 spiro atoms. The normalized spacial score (nSPS) is 18.3.